The van der Waals surface area contributed by atoms with E-state index in [0.29, 0.717) is 12.5 Å². The van der Waals surface area contributed by atoms with Gasteiger partial charge < -0.3 is 20.5 Å². The van der Waals surface area contributed by atoms with E-state index in [1.54, 1.807) is 7.11 Å². The lowest BCUT2D eigenvalue weighted by atomic mass is 9.84. The Bertz CT molecular complexity index is 375. The van der Waals surface area contributed by atoms with Crippen molar-refractivity contribution in [1.29, 1.82) is 0 Å². The van der Waals surface area contributed by atoms with Gasteiger partial charge in [0.25, 0.3) is 0 Å². The number of ether oxygens (including phenoxy) is 1. The van der Waals surface area contributed by atoms with Crippen LogP contribution < -0.4 is 10.6 Å². The number of carboxylic acids is 1. The van der Waals surface area contributed by atoms with E-state index in [0.717, 1.165) is 45.1 Å². The summed E-state index contributed by atoms with van der Waals surface area (Å²) in [4.78, 5) is 23.3. The highest BCUT2D eigenvalue weighted by Gasteiger charge is 2.51. The van der Waals surface area contributed by atoms with E-state index in [2.05, 4.69) is 10.6 Å². The van der Waals surface area contributed by atoms with Gasteiger partial charge in [0, 0.05) is 26.3 Å². The number of carboxylic acid groups (broad SMARTS) is 1. The van der Waals surface area contributed by atoms with Gasteiger partial charge in [-0.1, -0.05) is 0 Å². The SMILES string of the molecule is COCCCCCNC(=O)NC1C2CCC(C2)C1C(=O)O. The van der Waals surface area contributed by atoms with Gasteiger partial charge in [-0.2, -0.15) is 0 Å². The first-order valence-electron chi connectivity index (χ1n) is 7.89. The van der Waals surface area contributed by atoms with Crippen molar-refractivity contribution in [3.05, 3.63) is 0 Å². The highest BCUT2D eigenvalue weighted by molar-refractivity contribution is 5.77. The van der Waals surface area contributed by atoms with Gasteiger partial charge in [-0.05, 0) is 50.4 Å². The van der Waals surface area contributed by atoms with Crippen molar-refractivity contribution in [2.45, 2.75) is 44.6 Å². The van der Waals surface area contributed by atoms with E-state index in [-0.39, 0.29) is 18.0 Å². The minimum atomic E-state index is -0.771. The third-order valence-corrected chi connectivity index (χ3v) is 4.81. The molecule has 6 heteroatoms. The number of methoxy groups -OCH3 is 1. The summed E-state index contributed by atoms with van der Waals surface area (Å²) in [6.07, 6.45) is 5.89. The molecule has 2 bridgehead atoms. The predicted octanol–water partition coefficient (Wildman–Crippen LogP) is 1.60. The van der Waals surface area contributed by atoms with Crippen LogP contribution in [0, 0.1) is 17.8 Å². The summed E-state index contributed by atoms with van der Waals surface area (Å²) in [7, 11) is 1.68. The lowest BCUT2D eigenvalue weighted by molar-refractivity contribution is -0.144. The fourth-order valence-corrected chi connectivity index (χ4v) is 3.81. The van der Waals surface area contributed by atoms with Crippen LogP contribution in [-0.4, -0.2) is 43.4 Å². The van der Waals surface area contributed by atoms with Gasteiger partial charge >= 0.3 is 12.0 Å². The molecule has 2 aliphatic carbocycles. The number of hydrogen-bond acceptors (Lipinski definition) is 3. The van der Waals surface area contributed by atoms with Crippen molar-refractivity contribution in [3.8, 4) is 0 Å². The highest BCUT2D eigenvalue weighted by Crippen LogP contribution is 2.48. The van der Waals surface area contributed by atoms with Gasteiger partial charge in [-0.15, -0.1) is 0 Å². The summed E-state index contributed by atoms with van der Waals surface area (Å²) in [6, 6.07) is -0.430. The molecular weight excluding hydrogens is 272 g/mol. The van der Waals surface area contributed by atoms with Crippen LogP contribution in [0.3, 0.4) is 0 Å². The first kappa shape index (κ1) is 16.1. The predicted molar refractivity (Wildman–Crippen MR) is 78.0 cm³/mol. The summed E-state index contributed by atoms with van der Waals surface area (Å²) < 4.78 is 4.97. The van der Waals surface area contributed by atoms with Crippen molar-refractivity contribution >= 4 is 12.0 Å². The maximum absolute atomic E-state index is 11.9. The Morgan fingerprint density at radius 3 is 2.67 bits per heavy atom. The molecule has 2 saturated carbocycles. The zero-order chi connectivity index (χ0) is 15.2. The lowest BCUT2D eigenvalue weighted by Crippen LogP contribution is -2.50. The van der Waals surface area contributed by atoms with Crippen LogP contribution in [0.15, 0.2) is 0 Å². The standard InChI is InChI=1S/C15H26N2O4/c1-21-8-4-2-3-7-16-15(20)17-13-11-6-5-10(9-11)12(13)14(18)19/h10-13H,2-9H2,1H3,(H,18,19)(H2,16,17,20). The van der Waals surface area contributed by atoms with Crippen LogP contribution in [0.25, 0.3) is 0 Å². The number of urea groups is 1. The van der Waals surface area contributed by atoms with Gasteiger partial charge in [-0.3, -0.25) is 4.79 Å². The van der Waals surface area contributed by atoms with Gasteiger partial charge in [0.15, 0.2) is 0 Å². The largest absolute Gasteiger partial charge is 0.481 e. The molecule has 0 aromatic heterocycles. The van der Waals surface area contributed by atoms with E-state index in [1.165, 1.54) is 0 Å². The van der Waals surface area contributed by atoms with Crippen LogP contribution in [-0.2, 0) is 9.53 Å². The Morgan fingerprint density at radius 1 is 1.19 bits per heavy atom. The fraction of sp³-hybridized carbons (Fsp3) is 0.867. The van der Waals surface area contributed by atoms with Crippen molar-refractivity contribution in [1.82, 2.24) is 10.6 Å². The smallest absolute Gasteiger partial charge is 0.315 e. The number of aliphatic carboxylic acids is 1. The van der Waals surface area contributed by atoms with Crippen molar-refractivity contribution < 1.29 is 19.4 Å². The molecule has 0 aromatic carbocycles. The number of unbranched alkanes of at least 4 members (excludes halogenated alkanes) is 2. The second-order valence-corrected chi connectivity index (χ2v) is 6.18. The Labute approximate surface area is 125 Å². The number of carbonyl (C=O) groups excluding carboxylic acids is 1. The number of nitrogens with one attached hydrogen (secondary N) is 2. The molecule has 120 valence electrons. The van der Waals surface area contributed by atoms with Gasteiger partial charge in [0.05, 0.1) is 5.92 Å². The molecule has 21 heavy (non-hydrogen) atoms. The Hall–Kier alpha value is -1.30. The molecule has 4 atom stereocenters. The Morgan fingerprint density at radius 2 is 1.95 bits per heavy atom. The summed E-state index contributed by atoms with van der Waals surface area (Å²) in [5, 5.41) is 15.0. The zero-order valence-corrected chi connectivity index (χ0v) is 12.6. The third kappa shape index (κ3) is 4.09. The minimum absolute atomic E-state index is 0.199. The molecule has 3 N–H and O–H groups in total. The molecule has 0 spiro atoms. The molecule has 4 unspecified atom stereocenters. The quantitative estimate of drug-likeness (QED) is 0.594. The summed E-state index contributed by atoms with van der Waals surface area (Å²) in [5.74, 6) is -0.598. The van der Waals surface area contributed by atoms with Gasteiger partial charge in [0.1, 0.15) is 0 Å². The molecule has 0 heterocycles. The monoisotopic (exact) mass is 298 g/mol. The van der Waals surface area contributed by atoms with Crippen LogP contribution in [0.4, 0.5) is 4.79 Å². The number of hydrogen-bond donors (Lipinski definition) is 3. The molecule has 2 amide bonds. The third-order valence-electron chi connectivity index (χ3n) is 4.81. The second-order valence-electron chi connectivity index (χ2n) is 6.18. The molecule has 2 aliphatic rings. The van der Waals surface area contributed by atoms with Crippen LogP contribution in [0.1, 0.15) is 38.5 Å². The van der Waals surface area contributed by atoms with E-state index in [4.69, 9.17) is 4.74 Å². The maximum atomic E-state index is 11.9. The van der Waals surface area contributed by atoms with E-state index < -0.39 is 11.9 Å². The van der Waals surface area contributed by atoms with Gasteiger partial charge in [0.2, 0.25) is 0 Å². The highest BCUT2D eigenvalue weighted by atomic mass is 16.5. The summed E-state index contributed by atoms with van der Waals surface area (Å²) >= 11 is 0. The first-order valence-corrected chi connectivity index (χ1v) is 7.89. The number of carbonyl (C=O) groups is 2. The van der Waals surface area contributed by atoms with Crippen molar-refractivity contribution in [2.75, 3.05) is 20.3 Å². The average molecular weight is 298 g/mol. The number of rotatable bonds is 8. The molecule has 2 rings (SSSR count). The van der Waals surface area contributed by atoms with Crippen molar-refractivity contribution in [3.63, 3.8) is 0 Å². The van der Waals surface area contributed by atoms with E-state index in [1.807, 2.05) is 0 Å². The fourth-order valence-electron chi connectivity index (χ4n) is 3.81. The molecule has 0 aliphatic heterocycles. The van der Waals surface area contributed by atoms with Crippen LogP contribution in [0.2, 0.25) is 0 Å². The zero-order valence-electron chi connectivity index (χ0n) is 12.6. The van der Waals surface area contributed by atoms with E-state index in [9.17, 15) is 14.7 Å². The molecule has 0 aromatic rings. The number of amides is 2. The summed E-state index contributed by atoms with van der Waals surface area (Å²) in [6.45, 7) is 1.37. The van der Waals surface area contributed by atoms with Crippen LogP contribution >= 0.6 is 0 Å². The molecule has 0 saturated heterocycles. The minimum Gasteiger partial charge on any atom is -0.481 e. The van der Waals surface area contributed by atoms with E-state index >= 15 is 0 Å². The normalized spacial score (nSPS) is 30.3. The topological polar surface area (TPSA) is 87.7 Å². The Balaban J connectivity index is 1.68. The molecule has 6 nitrogen and oxygen atoms in total. The Kier molecular flexibility index (Phi) is 5.85. The van der Waals surface area contributed by atoms with Crippen molar-refractivity contribution in [2.24, 2.45) is 17.8 Å². The average Bonchev–Trinajstić information content (AvgIpc) is 3.03. The summed E-state index contributed by atoms with van der Waals surface area (Å²) in [5.41, 5.74) is 0. The molecule has 2 fully saturated rings. The lowest BCUT2D eigenvalue weighted by Gasteiger charge is -2.28. The second kappa shape index (κ2) is 7.64. The van der Waals surface area contributed by atoms with Crippen LogP contribution in [0.5, 0.6) is 0 Å². The maximum Gasteiger partial charge on any atom is 0.315 e. The molecule has 0 radical (unpaired) electrons. The first-order chi connectivity index (χ1) is 10.1. The van der Waals surface area contributed by atoms with Gasteiger partial charge in [-0.25, -0.2) is 4.79 Å². The number of fused-ring (bicyclic) bond motifs is 2. The molecular formula is C15H26N2O4.